The van der Waals surface area contributed by atoms with Crippen LogP contribution in [0.1, 0.15) is 0 Å². The van der Waals surface area contributed by atoms with E-state index in [2.05, 4.69) is 161 Å². The second-order valence-electron chi connectivity index (χ2n) is 13.6. The fraction of sp³-hybridized carbons (Fsp3) is 0. The Morgan fingerprint density at radius 1 is 0.389 bits per heavy atom. The first-order valence-electron chi connectivity index (χ1n) is 18.1. The number of fused-ring (bicyclic) bond motifs is 7. The van der Waals surface area contributed by atoms with Crippen molar-refractivity contribution in [3.63, 3.8) is 0 Å². The number of benzene rings is 8. The molecular formula is C49H31N3O2. The predicted octanol–water partition coefficient (Wildman–Crippen LogP) is 13.6. The number of aromatic nitrogens is 2. The third kappa shape index (κ3) is 4.90. The smallest absolute Gasteiger partial charge is 0.227 e. The maximum absolute atomic E-state index is 6.45. The molecule has 254 valence electrons. The minimum absolute atomic E-state index is 0.594. The average molecular weight is 694 g/mol. The van der Waals surface area contributed by atoms with E-state index in [4.69, 9.17) is 13.8 Å². The molecule has 0 spiro atoms. The molecule has 54 heavy (non-hydrogen) atoms. The maximum atomic E-state index is 6.45. The van der Waals surface area contributed by atoms with Crippen molar-refractivity contribution < 1.29 is 8.83 Å². The lowest BCUT2D eigenvalue weighted by Crippen LogP contribution is -2.10. The third-order valence-corrected chi connectivity index (χ3v) is 10.4. The second-order valence-corrected chi connectivity index (χ2v) is 13.6. The van der Waals surface area contributed by atoms with E-state index in [9.17, 15) is 0 Å². The standard InChI is InChI=1S/C49H31N3O2/c1-4-13-32(14-5-1)34-17-12-20-36(27-34)51(37-23-25-45-40(28-37)39-21-10-11-22-44(39)52(45)35-18-8-3-9-19-35)38-24-26-46-41(29-38)42-30-48-43(31-47(42)53-46)50-49(54-48)33-15-6-2-7-16-33/h1-31H. The molecule has 3 heterocycles. The molecular weight excluding hydrogens is 663 g/mol. The van der Waals surface area contributed by atoms with Gasteiger partial charge in [-0.05, 0) is 96.1 Å². The molecule has 0 aliphatic carbocycles. The zero-order chi connectivity index (χ0) is 35.6. The van der Waals surface area contributed by atoms with E-state index < -0.39 is 0 Å². The number of rotatable bonds is 6. The fourth-order valence-electron chi connectivity index (χ4n) is 7.89. The van der Waals surface area contributed by atoms with Crippen LogP contribution in [0.15, 0.2) is 197 Å². The van der Waals surface area contributed by atoms with Crippen LogP contribution < -0.4 is 4.90 Å². The lowest BCUT2D eigenvalue weighted by atomic mass is 10.0. The molecule has 5 nitrogen and oxygen atoms in total. The summed E-state index contributed by atoms with van der Waals surface area (Å²) in [6, 6.07) is 65.9. The Kier molecular flexibility index (Phi) is 6.79. The van der Waals surface area contributed by atoms with E-state index in [1.54, 1.807) is 0 Å². The summed E-state index contributed by atoms with van der Waals surface area (Å²) in [4.78, 5) is 7.14. The van der Waals surface area contributed by atoms with Gasteiger partial charge in [-0.2, -0.15) is 0 Å². The van der Waals surface area contributed by atoms with Crippen molar-refractivity contribution in [3.05, 3.63) is 188 Å². The molecule has 5 heteroatoms. The van der Waals surface area contributed by atoms with Gasteiger partial charge < -0.3 is 18.3 Å². The highest BCUT2D eigenvalue weighted by Gasteiger charge is 2.20. The summed E-state index contributed by atoms with van der Waals surface area (Å²) in [7, 11) is 0. The van der Waals surface area contributed by atoms with Crippen molar-refractivity contribution in [2.75, 3.05) is 4.90 Å². The van der Waals surface area contributed by atoms with Gasteiger partial charge in [-0.3, -0.25) is 0 Å². The molecule has 0 saturated carbocycles. The summed E-state index contributed by atoms with van der Waals surface area (Å²) in [5.41, 5.74) is 12.9. The third-order valence-electron chi connectivity index (χ3n) is 10.4. The van der Waals surface area contributed by atoms with Gasteiger partial charge in [0.1, 0.15) is 16.7 Å². The molecule has 0 radical (unpaired) electrons. The van der Waals surface area contributed by atoms with Crippen LogP contribution >= 0.6 is 0 Å². The minimum Gasteiger partial charge on any atom is -0.456 e. The average Bonchev–Trinajstić information content (AvgIpc) is 3.92. The first-order valence-corrected chi connectivity index (χ1v) is 18.1. The number of nitrogens with zero attached hydrogens (tertiary/aromatic N) is 3. The van der Waals surface area contributed by atoms with Gasteiger partial charge in [-0.1, -0.05) is 97.1 Å². The van der Waals surface area contributed by atoms with Gasteiger partial charge in [-0.25, -0.2) is 4.98 Å². The summed E-state index contributed by atoms with van der Waals surface area (Å²) in [6.07, 6.45) is 0. The van der Waals surface area contributed by atoms with E-state index in [1.807, 2.05) is 36.4 Å². The van der Waals surface area contributed by atoms with Crippen molar-refractivity contribution in [1.82, 2.24) is 9.55 Å². The van der Waals surface area contributed by atoms with Gasteiger partial charge in [0.05, 0.1) is 11.0 Å². The first kappa shape index (κ1) is 30.3. The molecule has 8 aromatic carbocycles. The van der Waals surface area contributed by atoms with Gasteiger partial charge in [0, 0.05) is 55.9 Å². The zero-order valence-electron chi connectivity index (χ0n) is 29.1. The molecule has 11 aromatic rings. The van der Waals surface area contributed by atoms with Gasteiger partial charge in [0.2, 0.25) is 5.89 Å². The normalized spacial score (nSPS) is 11.7. The van der Waals surface area contributed by atoms with E-state index in [-0.39, 0.29) is 0 Å². The SMILES string of the molecule is c1ccc(-c2cccc(N(c3ccc4oc5cc6nc(-c7ccccc7)oc6cc5c4c3)c3ccc4c(c3)c3ccccc3n4-c3ccccc3)c2)cc1. The number of hydrogen-bond donors (Lipinski definition) is 0. The quantitative estimate of drug-likeness (QED) is 0.174. The largest absolute Gasteiger partial charge is 0.456 e. The molecule has 0 fully saturated rings. The second kappa shape index (κ2) is 12.1. The van der Waals surface area contributed by atoms with Crippen molar-refractivity contribution in [2.45, 2.75) is 0 Å². The number of oxazole rings is 1. The van der Waals surface area contributed by atoms with Crippen LogP contribution in [0.2, 0.25) is 0 Å². The summed E-state index contributed by atoms with van der Waals surface area (Å²) >= 11 is 0. The van der Waals surface area contributed by atoms with Crippen LogP contribution in [0.5, 0.6) is 0 Å². The Labute approximate surface area is 310 Å². The highest BCUT2D eigenvalue weighted by molar-refractivity contribution is 6.12. The van der Waals surface area contributed by atoms with Crippen LogP contribution in [0.25, 0.3) is 83.1 Å². The zero-order valence-corrected chi connectivity index (χ0v) is 29.1. The van der Waals surface area contributed by atoms with E-state index >= 15 is 0 Å². The van der Waals surface area contributed by atoms with Crippen molar-refractivity contribution in [2.24, 2.45) is 0 Å². The molecule has 0 saturated heterocycles. The Bertz CT molecular complexity index is 3160. The Morgan fingerprint density at radius 3 is 1.83 bits per heavy atom. The Hall–Kier alpha value is -7.37. The van der Waals surface area contributed by atoms with Gasteiger partial charge >= 0.3 is 0 Å². The number of anilines is 3. The highest BCUT2D eigenvalue weighted by atomic mass is 16.4. The van der Waals surface area contributed by atoms with Crippen molar-refractivity contribution in [1.29, 1.82) is 0 Å². The lowest BCUT2D eigenvalue weighted by Gasteiger charge is -2.26. The molecule has 0 N–H and O–H groups in total. The summed E-state index contributed by atoms with van der Waals surface area (Å²) in [5, 5.41) is 4.38. The molecule has 0 aliphatic rings. The van der Waals surface area contributed by atoms with Crippen LogP contribution in [0.4, 0.5) is 17.1 Å². The van der Waals surface area contributed by atoms with E-state index in [0.717, 1.165) is 72.4 Å². The van der Waals surface area contributed by atoms with Crippen LogP contribution in [0.3, 0.4) is 0 Å². The lowest BCUT2D eigenvalue weighted by molar-refractivity contribution is 0.620. The number of para-hydroxylation sites is 2. The summed E-state index contributed by atoms with van der Waals surface area (Å²) < 4.78 is 15.1. The number of hydrogen-bond acceptors (Lipinski definition) is 4. The molecule has 0 atom stereocenters. The Morgan fingerprint density at radius 2 is 1.02 bits per heavy atom. The maximum Gasteiger partial charge on any atom is 0.227 e. The monoisotopic (exact) mass is 693 g/mol. The fourth-order valence-corrected chi connectivity index (χ4v) is 7.89. The summed E-state index contributed by atoms with van der Waals surface area (Å²) in [5.74, 6) is 0.594. The Balaban J connectivity index is 1.12. The predicted molar refractivity (Wildman–Crippen MR) is 221 cm³/mol. The van der Waals surface area contributed by atoms with Crippen LogP contribution in [-0.2, 0) is 0 Å². The van der Waals surface area contributed by atoms with Crippen LogP contribution in [-0.4, -0.2) is 9.55 Å². The first-order chi connectivity index (χ1) is 26.7. The van der Waals surface area contributed by atoms with Crippen molar-refractivity contribution in [3.8, 4) is 28.3 Å². The van der Waals surface area contributed by atoms with Gasteiger partial charge in [-0.15, -0.1) is 0 Å². The number of furan rings is 1. The van der Waals surface area contributed by atoms with E-state index in [1.165, 1.54) is 21.9 Å². The molecule has 3 aromatic heterocycles. The molecule has 0 unspecified atom stereocenters. The van der Waals surface area contributed by atoms with Gasteiger partial charge in [0.15, 0.2) is 5.58 Å². The van der Waals surface area contributed by atoms with Gasteiger partial charge in [0.25, 0.3) is 0 Å². The molecule has 0 bridgehead atoms. The topological polar surface area (TPSA) is 47.3 Å². The highest BCUT2D eigenvalue weighted by Crippen LogP contribution is 2.43. The van der Waals surface area contributed by atoms with Crippen molar-refractivity contribution >= 4 is 71.9 Å². The van der Waals surface area contributed by atoms with Crippen LogP contribution in [0, 0.1) is 0 Å². The summed E-state index contributed by atoms with van der Waals surface area (Å²) in [6.45, 7) is 0. The van der Waals surface area contributed by atoms with E-state index in [0.29, 0.717) is 5.89 Å². The molecule has 0 aliphatic heterocycles. The minimum atomic E-state index is 0.594. The molecule has 0 amide bonds. The molecule has 11 rings (SSSR count).